The second-order valence-electron chi connectivity index (χ2n) is 3.26. The summed E-state index contributed by atoms with van der Waals surface area (Å²) in [6.45, 7) is 1.95. The molecule has 1 aromatic rings. The number of hydrogen-bond donors (Lipinski definition) is 1. The van der Waals surface area contributed by atoms with E-state index in [1.54, 1.807) is 31.2 Å². The molecule has 0 saturated carbocycles. The highest BCUT2D eigenvalue weighted by molar-refractivity contribution is 6.01. The summed E-state index contributed by atoms with van der Waals surface area (Å²) in [6.07, 6.45) is 4.94. The molecular weight excluding hydrogens is 218 g/mol. The van der Waals surface area contributed by atoms with Crippen LogP contribution < -0.4 is 5.32 Å². The number of terminal acetylenes is 1. The van der Waals surface area contributed by atoms with Crippen molar-refractivity contribution in [1.82, 2.24) is 0 Å². The third-order valence-electron chi connectivity index (χ3n) is 1.92. The smallest absolute Gasteiger partial charge is 0.315 e. The van der Waals surface area contributed by atoms with Crippen LogP contribution in [-0.2, 0) is 14.3 Å². The normalized spacial score (nSPS) is 9.18. The molecule has 88 valence electrons. The van der Waals surface area contributed by atoms with Crippen LogP contribution in [0.2, 0.25) is 0 Å². The lowest BCUT2D eigenvalue weighted by Gasteiger charge is -2.05. The van der Waals surface area contributed by atoms with Gasteiger partial charge in [0.25, 0.3) is 0 Å². The SMILES string of the molecule is C#Cc1cccc(NC(=O)CC(=O)OCC)c1. The number of carbonyl (C=O) groups is 2. The van der Waals surface area contributed by atoms with Gasteiger partial charge in [0.1, 0.15) is 6.42 Å². The highest BCUT2D eigenvalue weighted by Crippen LogP contribution is 2.10. The molecule has 0 aliphatic heterocycles. The Hall–Kier alpha value is -2.28. The number of rotatable bonds is 4. The van der Waals surface area contributed by atoms with Gasteiger partial charge in [0.15, 0.2) is 0 Å². The fourth-order valence-electron chi connectivity index (χ4n) is 1.24. The van der Waals surface area contributed by atoms with E-state index in [0.29, 0.717) is 11.3 Å². The van der Waals surface area contributed by atoms with Crippen molar-refractivity contribution in [2.75, 3.05) is 11.9 Å². The van der Waals surface area contributed by atoms with Gasteiger partial charge in [0.2, 0.25) is 5.91 Å². The van der Waals surface area contributed by atoms with E-state index in [-0.39, 0.29) is 13.0 Å². The zero-order chi connectivity index (χ0) is 12.7. The zero-order valence-electron chi connectivity index (χ0n) is 9.53. The van der Waals surface area contributed by atoms with Crippen molar-refractivity contribution in [2.24, 2.45) is 0 Å². The summed E-state index contributed by atoms with van der Waals surface area (Å²) < 4.78 is 4.66. The van der Waals surface area contributed by atoms with Crippen molar-refractivity contribution in [3.05, 3.63) is 29.8 Å². The van der Waals surface area contributed by atoms with E-state index in [2.05, 4.69) is 16.0 Å². The lowest BCUT2D eigenvalue weighted by atomic mass is 10.2. The monoisotopic (exact) mass is 231 g/mol. The van der Waals surface area contributed by atoms with Gasteiger partial charge in [0.05, 0.1) is 6.61 Å². The van der Waals surface area contributed by atoms with Gasteiger partial charge in [-0.05, 0) is 25.1 Å². The predicted molar refractivity (Wildman–Crippen MR) is 64.3 cm³/mol. The van der Waals surface area contributed by atoms with Gasteiger partial charge in [0, 0.05) is 11.3 Å². The summed E-state index contributed by atoms with van der Waals surface area (Å²) in [5.74, 6) is 1.50. The van der Waals surface area contributed by atoms with Crippen LogP contribution in [0.4, 0.5) is 5.69 Å². The van der Waals surface area contributed by atoms with Gasteiger partial charge in [-0.25, -0.2) is 0 Å². The molecule has 0 bridgehead atoms. The summed E-state index contributed by atoms with van der Waals surface area (Å²) >= 11 is 0. The van der Waals surface area contributed by atoms with Crippen LogP contribution in [0.1, 0.15) is 18.9 Å². The first kappa shape index (κ1) is 12.8. The Morgan fingerprint density at radius 1 is 1.47 bits per heavy atom. The first-order valence-corrected chi connectivity index (χ1v) is 5.18. The molecule has 0 atom stereocenters. The molecule has 0 aromatic heterocycles. The Balaban J connectivity index is 2.56. The van der Waals surface area contributed by atoms with Crippen molar-refractivity contribution < 1.29 is 14.3 Å². The summed E-state index contributed by atoms with van der Waals surface area (Å²) in [4.78, 5) is 22.5. The highest BCUT2D eigenvalue weighted by Gasteiger charge is 2.10. The van der Waals surface area contributed by atoms with Gasteiger partial charge >= 0.3 is 5.97 Å². The van der Waals surface area contributed by atoms with E-state index in [9.17, 15) is 9.59 Å². The Labute approximate surface area is 100.0 Å². The summed E-state index contributed by atoms with van der Waals surface area (Å²) in [5, 5.41) is 2.57. The first-order chi connectivity index (χ1) is 8.15. The standard InChI is InChI=1S/C13H13NO3/c1-3-10-6-5-7-11(8-10)14-12(15)9-13(16)17-4-2/h1,5-8H,4,9H2,2H3,(H,14,15). The van der Waals surface area contributed by atoms with E-state index in [1.165, 1.54) is 0 Å². The second kappa shape index (κ2) is 6.33. The van der Waals surface area contributed by atoms with Crippen LogP contribution in [0, 0.1) is 12.3 Å². The molecule has 0 saturated heterocycles. The third-order valence-corrected chi connectivity index (χ3v) is 1.92. The lowest BCUT2D eigenvalue weighted by Crippen LogP contribution is -2.18. The molecule has 17 heavy (non-hydrogen) atoms. The Morgan fingerprint density at radius 2 is 2.24 bits per heavy atom. The van der Waals surface area contributed by atoms with Crippen molar-refractivity contribution in [3.63, 3.8) is 0 Å². The topological polar surface area (TPSA) is 55.4 Å². The predicted octanol–water partition coefficient (Wildman–Crippen LogP) is 1.56. The van der Waals surface area contributed by atoms with E-state index < -0.39 is 11.9 Å². The van der Waals surface area contributed by atoms with Gasteiger partial charge in [-0.3, -0.25) is 9.59 Å². The van der Waals surface area contributed by atoms with E-state index >= 15 is 0 Å². The maximum absolute atomic E-state index is 11.4. The number of anilines is 1. The first-order valence-electron chi connectivity index (χ1n) is 5.18. The van der Waals surface area contributed by atoms with E-state index in [0.717, 1.165) is 0 Å². The molecule has 0 aliphatic carbocycles. The van der Waals surface area contributed by atoms with Crippen LogP contribution in [0.25, 0.3) is 0 Å². The van der Waals surface area contributed by atoms with Crippen LogP contribution in [0.3, 0.4) is 0 Å². The van der Waals surface area contributed by atoms with Crippen LogP contribution >= 0.6 is 0 Å². The quantitative estimate of drug-likeness (QED) is 0.486. The molecule has 0 heterocycles. The number of nitrogens with one attached hydrogen (secondary N) is 1. The Kier molecular flexibility index (Phi) is 4.77. The Morgan fingerprint density at radius 3 is 2.88 bits per heavy atom. The summed E-state index contributed by atoms with van der Waals surface area (Å²) in [6, 6.07) is 6.84. The summed E-state index contributed by atoms with van der Waals surface area (Å²) in [5.41, 5.74) is 1.23. The minimum atomic E-state index is -0.543. The molecular formula is C13H13NO3. The fourth-order valence-corrected chi connectivity index (χ4v) is 1.24. The Bertz CT molecular complexity index is 460. The molecule has 1 rings (SSSR count). The fraction of sp³-hybridized carbons (Fsp3) is 0.231. The van der Waals surface area contributed by atoms with Crippen molar-refractivity contribution in [3.8, 4) is 12.3 Å². The van der Waals surface area contributed by atoms with E-state index in [4.69, 9.17) is 6.42 Å². The molecule has 4 heteroatoms. The molecule has 1 aromatic carbocycles. The highest BCUT2D eigenvalue weighted by atomic mass is 16.5. The van der Waals surface area contributed by atoms with Gasteiger partial charge in [-0.1, -0.05) is 12.0 Å². The zero-order valence-corrected chi connectivity index (χ0v) is 9.53. The average molecular weight is 231 g/mol. The van der Waals surface area contributed by atoms with Crippen LogP contribution in [0.5, 0.6) is 0 Å². The summed E-state index contributed by atoms with van der Waals surface area (Å²) in [7, 11) is 0. The van der Waals surface area contributed by atoms with Gasteiger partial charge in [-0.2, -0.15) is 0 Å². The number of esters is 1. The lowest BCUT2D eigenvalue weighted by molar-refractivity contribution is -0.145. The number of hydrogen-bond acceptors (Lipinski definition) is 3. The minimum absolute atomic E-state index is 0.263. The molecule has 1 N–H and O–H groups in total. The van der Waals surface area contributed by atoms with Crippen molar-refractivity contribution in [1.29, 1.82) is 0 Å². The second-order valence-corrected chi connectivity index (χ2v) is 3.26. The molecule has 4 nitrogen and oxygen atoms in total. The van der Waals surface area contributed by atoms with Crippen molar-refractivity contribution >= 4 is 17.6 Å². The molecule has 0 aliphatic rings. The molecule has 0 spiro atoms. The molecule has 1 amide bonds. The molecule has 0 radical (unpaired) electrons. The van der Waals surface area contributed by atoms with E-state index in [1.807, 2.05) is 0 Å². The number of ether oxygens (including phenoxy) is 1. The largest absolute Gasteiger partial charge is 0.466 e. The van der Waals surface area contributed by atoms with Gasteiger partial charge in [-0.15, -0.1) is 6.42 Å². The van der Waals surface area contributed by atoms with Crippen LogP contribution in [-0.4, -0.2) is 18.5 Å². The number of amides is 1. The number of carbonyl (C=O) groups excluding carboxylic acids is 2. The molecule has 0 fully saturated rings. The number of benzene rings is 1. The average Bonchev–Trinajstić information content (AvgIpc) is 2.29. The maximum atomic E-state index is 11.4. The maximum Gasteiger partial charge on any atom is 0.315 e. The van der Waals surface area contributed by atoms with Crippen molar-refractivity contribution in [2.45, 2.75) is 13.3 Å². The van der Waals surface area contributed by atoms with Crippen LogP contribution in [0.15, 0.2) is 24.3 Å². The molecule has 0 unspecified atom stereocenters. The minimum Gasteiger partial charge on any atom is -0.466 e. The van der Waals surface area contributed by atoms with Gasteiger partial charge < -0.3 is 10.1 Å². The third kappa shape index (κ3) is 4.39.